The van der Waals surface area contributed by atoms with Gasteiger partial charge in [0.1, 0.15) is 0 Å². The monoisotopic (exact) mass is 267 g/mol. The molecule has 2 aromatic rings. The molecular formula is C17H21N3. The van der Waals surface area contributed by atoms with Gasteiger partial charge in [0.05, 0.1) is 17.4 Å². The van der Waals surface area contributed by atoms with Crippen molar-refractivity contribution < 1.29 is 0 Å². The molecule has 1 fully saturated rings. The fourth-order valence-corrected chi connectivity index (χ4v) is 3.32. The predicted octanol–water partition coefficient (Wildman–Crippen LogP) is 2.96. The second kappa shape index (κ2) is 5.06. The molecule has 4 rings (SSSR count). The molecule has 1 aliphatic carbocycles. The summed E-state index contributed by atoms with van der Waals surface area (Å²) in [5, 5.41) is 8.47. The number of hydrogen-bond donors (Lipinski definition) is 1. The lowest BCUT2D eigenvalue weighted by Gasteiger charge is -2.28. The van der Waals surface area contributed by atoms with E-state index in [0.717, 1.165) is 25.9 Å². The minimum atomic E-state index is 0.630. The maximum absolute atomic E-state index is 4.99. The van der Waals surface area contributed by atoms with Crippen LogP contribution in [0.25, 0.3) is 11.3 Å². The summed E-state index contributed by atoms with van der Waals surface area (Å²) in [6, 6.07) is 11.4. The van der Waals surface area contributed by atoms with Crippen molar-refractivity contribution in [2.24, 2.45) is 0 Å². The van der Waals surface area contributed by atoms with Gasteiger partial charge in [-0.15, -0.1) is 0 Å². The molecule has 3 heteroatoms. The van der Waals surface area contributed by atoms with E-state index in [0.29, 0.717) is 6.04 Å². The molecule has 2 heterocycles. The molecule has 0 saturated heterocycles. The van der Waals surface area contributed by atoms with E-state index in [1.807, 2.05) is 0 Å². The molecule has 0 bridgehead atoms. The average Bonchev–Trinajstić information content (AvgIpc) is 2.61. The number of nitrogens with one attached hydrogen (secondary N) is 1. The SMILES string of the molecule is c1ccc(-c2c3c(nn2C2CCC2)CCNCC3)cc1. The molecule has 0 atom stereocenters. The zero-order chi connectivity index (χ0) is 13.4. The Morgan fingerprint density at radius 1 is 1.05 bits per heavy atom. The summed E-state index contributed by atoms with van der Waals surface area (Å²) in [6.07, 6.45) is 6.10. The number of rotatable bonds is 2. The molecule has 1 saturated carbocycles. The lowest BCUT2D eigenvalue weighted by atomic mass is 9.92. The van der Waals surface area contributed by atoms with Crippen molar-refractivity contribution in [3.63, 3.8) is 0 Å². The lowest BCUT2D eigenvalue weighted by molar-refractivity contribution is 0.290. The van der Waals surface area contributed by atoms with Gasteiger partial charge in [-0.05, 0) is 32.2 Å². The smallest absolute Gasteiger partial charge is 0.0720 e. The van der Waals surface area contributed by atoms with Crippen molar-refractivity contribution in [3.8, 4) is 11.3 Å². The molecule has 20 heavy (non-hydrogen) atoms. The Morgan fingerprint density at radius 2 is 1.85 bits per heavy atom. The molecule has 1 aromatic heterocycles. The third kappa shape index (κ3) is 1.97. The molecule has 1 N–H and O–H groups in total. The van der Waals surface area contributed by atoms with Crippen molar-refractivity contribution in [2.75, 3.05) is 13.1 Å². The molecule has 3 nitrogen and oxygen atoms in total. The standard InChI is InChI=1S/C17H21N3/c1-2-5-13(6-3-1)17-15-9-11-18-12-10-16(15)19-20(17)14-7-4-8-14/h1-3,5-6,14,18H,4,7-12H2. The highest BCUT2D eigenvalue weighted by Crippen LogP contribution is 2.38. The first-order valence-corrected chi connectivity index (χ1v) is 7.80. The fraction of sp³-hybridized carbons (Fsp3) is 0.471. The normalized spacial score (nSPS) is 19.2. The summed E-state index contributed by atoms with van der Waals surface area (Å²) < 4.78 is 2.34. The topological polar surface area (TPSA) is 29.9 Å². The van der Waals surface area contributed by atoms with Gasteiger partial charge in [0, 0.05) is 24.1 Å². The van der Waals surface area contributed by atoms with Crippen molar-refractivity contribution in [1.29, 1.82) is 0 Å². The lowest BCUT2D eigenvalue weighted by Crippen LogP contribution is -2.21. The molecule has 0 unspecified atom stereocenters. The Morgan fingerprint density at radius 3 is 2.60 bits per heavy atom. The van der Waals surface area contributed by atoms with E-state index in [2.05, 4.69) is 40.3 Å². The van der Waals surface area contributed by atoms with Gasteiger partial charge in [0.25, 0.3) is 0 Å². The van der Waals surface area contributed by atoms with Crippen molar-refractivity contribution in [3.05, 3.63) is 41.6 Å². The van der Waals surface area contributed by atoms with Gasteiger partial charge in [0.2, 0.25) is 0 Å². The first-order chi connectivity index (χ1) is 9.93. The van der Waals surface area contributed by atoms with Crippen LogP contribution in [0.2, 0.25) is 0 Å². The summed E-state index contributed by atoms with van der Waals surface area (Å²) in [5.74, 6) is 0. The fourth-order valence-electron chi connectivity index (χ4n) is 3.32. The minimum Gasteiger partial charge on any atom is -0.316 e. The number of nitrogens with zero attached hydrogens (tertiary/aromatic N) is 2. The maximum Gasteiger partial charge on any atom is 0.0720 e. The maximum atomic E-state index is 4.99. The third-order valence-electron chi connectivity index (χ3n) is 4.65. The van der Waals surface area contributed by atoms with Crippen LogP contribution in [0, 0.1) is 0 Å². The second-order valence-electron chi connectivity index (χ2n) is 5.92. The van der Waals surface area contributed by atoms with Crippen LogP contribution in [-0.4, -0.2) is 22.9 Å². The molecule has 0 spiro atoms. The second-order valence-corrected chi connectivity index (χ2v) is 5.92. The van der Waals surface area contributed by atoms with Crippen LogP contribution >= 0.6 is 0 Å². The molecule has 1 aliphatic heterocycles. The number of benzene rings is 1. The highest BCUT2D eigenvalue weighted by molar-refractivity contribution is 5.65. The van der Waals surface area contributed by atoms with Crippen molar-refractivity contribution in [1.82, 2.24) is 15.1 Å². The molecule has 104 valence electrons. The van der Waals surface area contributed by atoms with E-state index in [-0.39, 0.29) is 0 Å². The van der Waals surface area contributed by atoms with E-state index in [1.54, 1.807) is 0 Å². The summed E-state index contributed by atoms with van der Waals surface area (Å²) in [5.41, 5.74) is 5.51. The van der Waals surface area contributed by atoms with Crippen molar-refractivity contribution in [2.45, 2.75) is 38.1 Å². The van der Waals surface area contributed by atoms with E-state index in [9.17, 15) is 0 Å². The molecule has 1 aromatic carbocycles. The summed E-state index contributed by atoms with van der Waals surface area (Å²) >= 11 is 0. The van der Waals surface area contributed by atoms with E-state index >= 15 is 0 Å². The van der Waals surface area contributed by atoms with E-state index < -0.39 is 0 Å². The highest BCUT2D eigenvalue weighted by Gasteiger charge is 2.27. The Bertz CT molecular complexity index is 596. The number of hydrogen-bond acceptors (Lipinski definition) is 2. The molecule has 0 radical (unpaired) electrons. The van der Waals surface area contributed by atoms with E-state index in [1.165, 1.54) is 41.8 Å². The Hall–Kier alpha value is -1.61. The van der Waals surface area contributed by atoms with Gasteiger partial charge >= 0.3 is 0 Å². The summed E-state index contributed by atoms with van der Waals surface area (Å²) in [4.78, 5) is 0. The first-order valence-electron chi connectivity index (χ1n) is 7.80. The number of fused-ring (bicyclic) bond motifs is 1. The van der Waals surface area contributed by atoms with Crippen LogP contribution < -0.4 is 5.32 Å². The molecule has 0 amide bonds. The van der Waals surface area contributed by atoms with Gasteiger partial charge in [-0.2, -0.15) is 5.10 Å². The van der Waals surface area contributed by atoms with Crippen LogP contribution in [-0.2, 0) is 12.8 Å². The summed E-state index contributed by atoms with van der Waals surface area (Å²) in [7, 11) is 0. The third-order valence-corrected chi connectivity index (χ3v) is 4.65. The van der Waals surface area contributed by atoms with Crippen LogP contribution in [0.15, 0.2) is 30.3 Å². The molecular weight excluding hydrogens is 246 g/mol. The van der Waals surface area contributed by atoms with Gasteiger partial charge in [-0.3, -0.25) is 4.68 Å². The number of aromatic nitrogens is 2. The van der Waals surface area contributed by atoms with Crippen LogP contribution in [0.5, 0.6) is 0 Å². The molecule has 2 aliphatic rings. The Kier molecular flexibility index (Phi) is 3.07. The Labute approximate surface area is 120 Å². The van der Waals surface area contributed by atoms with Gasteiger partial charge < -0.3 is 5.32 Å². The zero-order valence-corrected chi connectivity index (χ0v) is 11.8. The Balaban J connectivity index is 1.86. The first kappa shape index (κ1) is 12.2. The highest BCUT2D eigenvalue weighted by atomic mass is 15.3. The average molecular weight is 267 g/mol. The van der Waals surface area contributed by atoms with Gasteiger partial charge in [0.15, 0.2) is 0 Å². The quantitative estimate of drug-likeness (QED) is 0.906. The van der Waals surface area contributed by atoms with Crippen molar-refractivity contribution >= 4 is 0 Å². The van der Waals surface area contributed by atoms with E-state index in [4.69, 9.17) is 5.10 Å². The predicted molar refractivity (Wildman–Crippen MR) is 80.8 cm³/mol. The minimum absolute atomic E-state index is 0.630. The van der Waals surface area contributed by atoms with Gasteiger partial charge in [-0.25, -0.2) is 0 Å². The largest absolute Gasteiger partial charge is 0.316 e. The van der Waals surface area contributed by atoms with Crippen LogP contribution in [0.3, 0.4) is 0 Å². The summed E-state index contributed by atoms with van der Waals surface area (Å²) in [6.45, 7) is 2.13. The van der Waals surface area contributed by atoms with Gasteiger partial charge in [-0.1, -0.05) is 30.3 Å². The zero-order valence-electron chi connectivity index (χ0n) is 11.8. The van der Waals surface area contributed by atoms with Crippen LogP contribution in [0.4, 0.5) is 0 Å². The van der Waals surface area contributed by atoms with Crippen LogP contribution in [0.1, 0.15) is 36.6 Å².